The molecule has 1 N–H and O–H groups in total. The van der Waals surface area contributed by atoms with Gasteiger partial charge in [-0.3, -0.25) is 4.90 Å². The van der Waals surface area contributed by atoms with E-state index in [1.54, 1.807) is 0 Å². The number of halogens is 1. The fourth-order valence-corrected chi connectivity index (χ4v) is 5.02. The van der Waals surface area contributed by atoms with Gasteiger partial charge in [0.2, 0.25) is 0 Å². The van der Waals surface area contributed by atoms with Gasteiger partial charge in [-0.15, -0.1) is 23.7 Å². The molecule has 0 unspecified atom stereocenters. The Labute approximate surface area is 214 Å². The van der Waals surface area contributed by atoms with Crippen molar-refractivity contribution in [3.63, 3.8) is 0 Å². The van der Waals surface area contributed by atoms with Crippen LogP contribution in [0.5, 0.6) is 0 Å². The van der Waals surface area contributed by atoms with E-state index in [9.17, 15) is 0 Å². The number of hydrogen-bond acceptors (Lipinski definition) is 4. The topological polar surface area (TPSA) is 26.7 Å². The molecule has 0 amide bonds. The Morgan fingerprint density at radius 3 is 2.37 bits per heavy atom. The van der Waals surface area contributed by atoms with E-state index in [0.717, 1.165) is 52.0 Å². The van der Waals surface area contributed by atoms with Crippen molar-refractivity contribution in [1.29, 1.82) is 0 Å². The molecule has 0 saturated carbocycles. The zero-order valence-corrected chi connectivity index (χ0v) is 20.6. The summed E-state index contributed by atoms with van der Waals surface area (Å²) < 4.78 is 1.37. The molecular weight excluding hydrogens is 422 g/mol. The van der Waals surface area contributed by atoms with Crippen molar-refractivity contribution >= 4 is 56.9 Å². The van der Waals surface area contributed by atoms with Crippen molar-refractivity contribution in [2.45, 2.75) is 19.3 Å². The van der Waals surface area contributed by atoms with Crippen LogP contribution in [0.1, 0.15) is 18.3 Å². The standard InChI is InChI=1S/C23H28N2OS.Al.ClH.Li.H/c26-17-5-8-20-18-21-22(9-4-10-23(21)27-20)25-15-13-24(14-16-25)12-11-19-6-2-1-3-7-19;;;;/h1-4,6-7,9-10,18,26H,5,8,11-17H2;;1H;;/q;;;+1;-1. The molecule has 155 valence electrons. The molecule has 0 spiro atoms. The van der Waals surface area contributed by atoms with Gasteiger partial charge in [0.05, 0.1) is 0 Å². The van der Waals surface area contributed by atoms with Gasteiger partial charge in [-0.25, -0.2) is 0 Å². The van der Waals surface area contributed by atoms with Crippen molar-refractivity contribution in [3.05, 3.63) is 65.0 Å². The van der Waals surface area contributed by atoms with Crippen molar-refractivity contribution < 1.29 is 25.4 Å². The van der Waals surface area contributed by atoms with Gasteiger partial charge >= 0.3 is 18.9 Å². The van der Waals surface area contributed by atoms with Crippen LogP contribution < -0.4 is 23.8 Å². The van der Waals surface area contributed by atoms with Crippen LogP contribution in [0.2, 0.25) is 0 Å². The Morgan fingerprint density at radius 1 is 0.933 bits per heavy atom. The number of aliphatic hydroxyl groups is 1. The van der Waals surface area contributed by atoms with E-state index in [1.807, 2.05) is 11.3 Å². The smallest absolute Gasteiger partial charge is 1.00 e. The van der Waals surface area contributed by atoms with E-state index in [2.05, 4.69) is 64.4 Å². The molecule has 0 atom stereocenters. The number of fused-ring (bicyclic) bond motifs is 1. The Kier molecular flexibility index (Phi) is 12.7. The number of anilines is 1. The summed E-state index contributed by atoms with van der Waals surface area (Å²) in [5, 5.41) is 10.5. The summed E-state index contributed by atoms with van der Waals surface area (Å²) in [7, 11) is 0. The number of nitrogens with zero attached hydrogens (tertiary/aromatic N) is 2. The third kappa shape index (κ3) is 7.03. The van der Waals surface area contributed by atoms with Gasteiger partial charge in [0, 0.05) is 77.3 Å². The molecule has 1 saturated heterocycles. The molecule has 1 aliphatic heterocycles. The molecule has 3 nitrogen and oxygen atoms in total. The molecule has 0 bridgehead atoms. The van der Waals surface area contributed by atoms with E-state index >= 15 is 0 Å². The van der Waals surface area contributed by atoms with Crippen LogP contribution in [0.25, 0.3) is 10.1 Å². The minimum Gasteiger partial charge on any atom is -1.00 e. The maximum atomic E-state index is 9.09. The molecule has 30 heavy (non-hydrogen) atoms. The molecule has 2 aromatic carbocycles. The van der Waals surface area contributed by atoms with Gasteiger partial charge in [0.15, 0.2) is 0 Å². The zero-order valence-electron chi connectivity index (χ0n) is 18.8. The number of hydrogen-bond donors (Lipinski definition) is 1. The third-order valence-electron chi connectivity index (χ3n) is 5.44. The molecule has 1 fully saturated rings. The number of benzene rings is 2. The first-order chi connectivity index (χ1) is 13.3. The Bertz CT molecular complexity index is 878. The number of thiophene rings is 1. The summed E-state index contributed by atoms with van der Waals surface area (Å²) in [6, 6.07) is 19.8. The first-order valence-corrected chi connectivity index (χ1v) is 10.8. The fourth-order valence-electron chi connectivity index (χ4n) is 3.89. The third-order valence-corrected chi connectivity index (χ3v) is 6.60. The first-order valence-electron chi connectivity index (χ1n) is 9.97. The molecule has 4 rings (SSSR count). The molecule has 7 heteroatoms. The molecule has 2 heterocycles. The van der Waals surface area contributed by atoms with E-state index in [4.69, 9.17) is 5.11 Å². The van der Waals surface area contributed by atoms with E-state index < -0.39 is 0 Å². The largest absolute Gasteiger partial charge is 1.00 e. The Morgan fingerprint density at radius 2 is 1.67 bits per heavy atom. The molecule has 0 aliphatic carbocycles. The van der Waals surface area contributed by atoms with Crippen LogP contribution in [0.15, 0.2) is 54.6 Å². The number of rotatable bonds is 7. The number of piperazine rings is 1. The molecule has 1 aromatic heterocycles. The second-order valence-corrected chi connectivity index (χ2v) is 8.46. The van der Waals surface area contributed by atoms with E-state index in [1.165, 1.54) is 26.2 Å². The maximum Gasteiger partial charge on any atom is 1.00 e. The quantitative estimate of drug-likeness (QED) is 0.549. The second-order valence-electron chi connectivity index (χ2n) is 7.29. The van der Waals surface area contributed by atoms with Crippen LogP contribution >= 0.6 is 23.7 Å². The van der Waals surface area contributed by atoms with Crippen LogP contribution in [-0.4, -0.2) is 66.7 Å². The molecule has 3 aromatic rings. The summed E-state index contributed by atoms with van der Waals surface area (Å²) in [4.78, 5) is 6.52. The van der Waals surface area contributed by atoms with Crippen molar-refractivity contribution in [3.8, 4) is 0 Å². The van der Waals surface area contributed by atoms with Crippen molar-refractivity contribution in [2.24, 2.45) is 0 Å². The minimum absolute atomic E-state index is 0. The summed E-state index contributed by atoms with van der Waals surface area (Å²) in [5.74, 6) is 0. The normalized spacial score (nSPS) is 14.0. The maximum absolute atomic E-state index is 9.09. The van der Waals surface area contributed by atoms with Crippen molar-refractivity contribution in [2.75, 3.05) is 44.2 Å². The van der Waals surface area contributed by atoms with E-state index in [-0.39, 0.29) is 56.7 Å². The first kappa shape index (κ1) is 27.6. The fraction of sp³-hybridized carbons (Fsp3) is 0.391. The average molecular weight is 452 g/mol. The van der Waals surface area contributed by atoms with Crippen LogP contribution in [0, 0.1) is 0 Å². The Hall–Kier alpha value is -0.460. The van der Waals surface area contributed by atoms with Crippen LogP contribution in [0.3, 0.4) is 0 Å². The Balaban J connectivity index is 0.00000225. The number of aryl methyl sites for hydroxylation is 1. The predicted molar refractivity (Wildman–Crippen MR) is 130 cm³/mol. The molecule has 3 radical (unpaired) electrons. The minimum atomic E-state index is 0. The van der Waals surface area contributed by atoms with E-state index in [0.29, 0.717) is 0 Å². The second kappa shape index (κ2) is 13.8. The summed E-state index contributed by atoms with van der Waals surface area (Å²) in [6.07, 6.45) is 2.96. The van der Waals surface area contributed by atoms with Gasteiger partial charge < -0.3 is 11.4 Å². The van der Waals surface area contributed by atoms with Crippen molar-refractivity contribution in [1.82, 2.24) is 4.90 Å². The summed E-state index contributed by atoms with van der Waals surface area (Å²) >= 11 is 1.87. The molecule has 1 aliphatic rings. The van der Waals surface area contributed by atoms with Crippen LogP contribution in [0.4, 0.5) is 5.69 Å². The van der Waals surface area contributed by atoms with Gasteiger partial charge in [-0.05, 0) is 43.0 Å². The van der Waals surface area contributed by atoms with Gasteiger partial charge in [0.25, 0.3) is 0 Å². The average Bonchev–Trinajstić information content (AvgIpc) is 3.15. The number of aliphatic hydroxyl groups excluding tert-OH is 1. The van der Waals surface area contributed by atoms with Gasteiger partial charge in [-0.2, -0.15) is 0 Å². The van der Waals surface area contributed by atoms with Crippen LogP contribution in [-0.2, 0) is 12.8 Å². The summed E-state index contributed by atoms with van der Waals surface area (Å²) in [6.45, 7) is 5.86. The van der Waals surface area contributed by atoms with Gasteiger partial charge in [-0.1, -0.05) is 36.4 Å². The summed E-state index contributed by atoms with van der Waals surface area (Å²) in [5.41, 5.74) is 2.81. The molecular formula is C23H30AlClLiN2OS. The predicted octanol–water partition coefficient (Wildman–Crippen LogP) is 1.35. The monoisotopic (exact) mass is 451 g/mol. The zero-order chi connectivity index (χ0) is 18.5. The van der Waals surface area contributed by atoms with Gasteiger partial charge in [0.1, 0.15) is 0 Å². The SMILES string of the molecule is Cl.OCCCc1cc2c(N3CCN(CCc4ccccc4)CC3)cccc2s1.[Al].[H-].[Li+].